The van der Waals surface area contributed by atoms with Crippen molar-refractivity contribution in [3.8, 4) is 5.75 Å². The van der Waals surface area contributed by atoms with Crippen molar-refractivity contribution in [3.63, 3.8) is 0 Å². The van der Waals surface area contributed by atoms with Gasteiger partial charge in [0.2, 0.25) is 0 Å². The van der Waals surface area contributed by atoms with Gasteiger partial charge in [-0.05, 0) is 24.8 Å². The van der Waals surface area contributed by atoms with E-state index in [0.29, 0.717) is 24.0 Å². The number of anilines is 1. The third-order valence-electron chi connectivity index (χ3n) is 2.08. The molecule has 0 aliphatic heterocycles. The summed E-state index contributed by atoms with van der Waals surface area (Å²) in [5.41, 5.74) is 5.87. The van der Waals surface area contributed by atoms with Crippen molar-refractivity contribution >= 4 is 5.69 Å². The van der Waals surface area contributed by atoms with Crippen LogP contribution in [0.1, 0.15) is 12.8 Å². The molecule has 1 saturated carbocycles. The summed E-state index contributed by atoms with van der Waals surface area (Å²) in [6.07, 6.45) is 2.45. The predicted molar refractivity (Wildman–Crippen MR) is 49.0 cm³/mol. The molecule has 0 amide bonds. The van der Waals surface area contributed by atoms with Gasteiger partial charge in [0.15, 0.2) is 0 Å². The minimum atomic E-state index is -0.342. The van der Waals surface area contributed by atoms with Gasteiger partial charge in [-0.2, -0.15) is 0 Å². The van der Waals surface area contributed by atoms with Crippen molar-refractivity contribution in [2.75, 3.05) is 12.3 Å². The molecule has 0 spiro atoms. The third kappa shape index (κ3) is 2.34. The van der Waals surface area contributed by atoms with E-state index in [4.69, 9.17) is 10.5 Å². The van der Waals surface area contributed by atoms with E-state index in [1.807, 2.05) is 0 Å². The first-order valence-electron chi connectivity index (χ1n) is 4.43. The van der Waals surface area contributed by atoms with Gasteiger partial charge in [-0.15, -0.1) is 0 Å². The third-order valence-corrected chi connectivity index (χ3v) is 2.08. The number of rotatable bonds is 3. The lowest BCUT2D eigenvalue weighted by Gasteiger charge is -2.05. The molecule has 3 heteroatoms. The molecule has 1 aromatic rings. The fourth-order valence-corrected chi connectivity index (χ4v) is 1.17. The SMILES string of the molecule is Nc1cc(F)cc(OCC2CC2)c1. The Labute approximate surface area is 76.5 Å². The number of ether oxygens (including phenoxy) is 1. The van der Waals surface area contributed by atoms with Crippen LogP contribution in [-0.2, 0) is 0 Å². The van der Waals surface area contributed by atoms with Gasteiger partial charge in [0.25, 0.3) is 0 Å². The summed E-state index contributed by atoms with van der Waals surface area (Å²) in [5.74, 6) is 0.861. The number of nitrogens with two attached hydrogens (primary N) is 1. The summed E-state index contributed by atoms with van der Waals surface area (Å²) in [6.45, 7) is 0.683. The first-order valence-corrected chi connectivity index (χ1v) is 4.43. The molecule has 0 saturated heterocycles. The van der Waals surface area contributed by atoms with Crippen molar-refractivity contribution in [2.45, 2.75) is 12.8 Å². The molecule has 0 atom stereocenters. The van der Waals surface area contributed by atoms with Gasteiger partial charge < -0.3 is 10.5 Å². The molecule has 2 rings (SSSR count). The molecular weight excluding hydrogens is 169 g/mol. The fraction of sp³-hybridized carbons (Fsp3) is 0.400. The maximum absolute atomic E-state index is 12.8. The summed E-state index contributed by atoms with van der Waals surface area (Å²) in [7, 11) is 0. The Morgan fingerprint density at radius 3 is 2.77 bits per heavy atom. The number of benzene rings is 1. The van der Waals surface area contributed by atoms with Crippen LogP contribution in [0.5, 0.6) is 5.75 Å². The van der Waals surface area contributed by atoms with Gasteiger partial charge >= 0.3 is 0 Å². The molecule has 1 fully saturated rings. The zero-order valence-corrected chi connectivity index (χ0v) is 7.29. The zero-order valence-electron chi connectivity index (χ0n) is 7.29. The molecule has 13 heavy (non-hydrogen) atoms. The standard InChI is InChI=1S/C10H12FNO/c11-8-3-9(12)5-10(4-8)13-6-7-1-2-7/h3-5,7H,1-2,6,12H2. The van der Waals surface area contributed by atoms with Crippen LogP contribution in [-0.4, -0.2) is 6.61 Å². The van der Waals surface area contributed by atoms with E-state index in [9.17, 15) is 4.39 Å². The molecule has 0 radical (unpaired) electrons. The lowest BCUT2D eigenvalue weighted by Crippen LogP contribution is -2.00. The van der Waals surface area contributed by atoms with Crippen LogP contribution in [0.4, 0.5) is 10.1 Å². The molecular formula is C10H12FNO. The molecule has 0 aromatic heterocycles. The maximum Gasteiger partial charge on any atom is 0.128 e. The van der Waals surface area contributed by atoms with Crippen LogP contribution in [0.3, 0.4) is 0 Å². The number of halogens is 1. The first-order chi connectivity index (χ1) is 6.24. The predicted octanol–water partition coefficient (Wildman–Crippen LogP) is 2.20. The summed E-state index contributed by atoms with van der Waals surface area (Å²) < 4.78 is 18.2. The Balaban J connectivity index is 2.01. The average molecular weight is 181 g/mol. The molecule has 1 aliphatic carbocycles. The highest BCUT2D eigenvalue weighted by Gasteiger charge is 2.21. The number of nitrogen functional groups attached to an aromatic ring is 1. The van der Waals surface area contributed by atoms with Crippen molar-refractivity contribution in [1.29, 1.82) is 0 Å². The molecule has 0 unspecified atom stereocenters. The van der Waals surface area contributed by atoms with Crippen molar-refractivity contribution in [2.24, 2.45) is 5.92 Å². The van der Waals surface area contributed by atoms with Gasteiger partial charge in [-0.25, -0.2) is 4.39 Å². The van der Waals surface area contributed by atoms with E-state index in [2.05, 4.69) is 0 Å². The highest BCUT2D eigenvalue weighted by Crippen LogP contribution is 2.30. The van der Waals surface area contributed by atoms with Crippen LogP contribution in [0.15, 0.2) is 18.2 Å². The highest BCUT2D eigenvalue weighted by atomic mass is 19.1. The van der Waals surface area contributed by atoms with E-state index in [1.54, 1.807) is 6.07 Å². The summed E-state index contributed by atoms with van der Waals surface area (Å²) >= 11 is 0. The van der Waals surface area contributed by atoms with Gasteiger partial charge in [0, 0.05) is 17.8 Å². The average Bonchev–Trinajstić information content (AvgIpc) is 2.81. The van der Waals surface area contributed by atoms with Crippen LogP contribution in [0, 0.1) is 11.7 Å². The van der Waals surface area contributed by atoms with E-state index < -0.39 is 0 Å². The Hall–Kier alpha value is -1.25. The van der Waals surface area contributed by atoms with E-state index >= 15 is 0 Å². The van der Waals surface area contributed by atoms with E-state index in [1.165, 1.54) is 25.0 Å². The maximum atomic E-state index is 12.8. The van der Waals surface area contributed by atoms with Crippen molar-refractivity contribution in [3.05, 3.63) is 24.0 Å². The lowest BCUT2D eigenvalue weighted by atomic mass is 10.3. The van der Waals surface area contributed by atoms with Crippen LogP contribution in [0.2, 0.25) is 0 Å². The molecule has 70 valence electrons. The van der Waals surface area contributed by atoms with E-state index in [-0.39, 0.29) is 5.82 Å². The minimum absolute atomic E-state index is 0.342. The Kier molecular flexibility index (Phi) is 2.08. The quantitative estimate of drug-likeness (QED) is 0.725. The van der Waals surface area contributed by atoms with Crippen LogP contribution >= 0.6 is 0 Å². The van der Waals surface area contributed by atoms with Gasteiger partial charge in [-0.1, -0.05) is 0 Å². The van der Waals surface area contributed by atoms with Gasteiger partial charge in [0.05, 0.1) is 6.61 Å². The number of hydrogen-bond acceptors (Lipinski definition) is 2. The Bertz CT molecular complexity index is 290. The Morgan fingerprint density at radius 1 is 1.38 bits per heavy atom. The highest BCUT2D eigenvalue weighted by molar-refractivity contribution is 5.44. The second-order valence-corrected chi connectivity index (χ2v) is 3.47. The molecule has 0 bridgehead atoms. The summed E-state index contributed by atoms with van der Waals surface area (Å²) in [5, 5.41) is 0. The normalized spacial score (nSPS) is 15.8. The molecule has 1 aliphatic rings. The molecule has 1 aromatic carbocycles. The summed E-state index contributed by atoms with van der Waals surface area (Å²) in [4.78, 5) is 0. The fourth-order valence-electron chi connectivity index (χ4n) is 1.17. The Morgan fingerprint density at radius 2 is 2.15 bits per heavy atom. The molecule has 2 nitrogen and oxygen atoms in total. The molecule has 0 heterocycles. The smallest absolute Gasteiger partial charge is 0.128 e. The van der Waals surface area contributed by atoms with E-state index in [0.717, 1.165) is 0 Å². The second kappa shape index (κ2) is 3.24. The number of hydrogen-bond donors (Lipinski definition) is 1. The zero-order chi connectivity index (χ0) is 9.26. The first kappa shape index (κ1) is 8.35. The topological polar surface area (TPSA) is 35.2 Å². The second-order valence-electron chi connectivity index (χ2n) is 3.47. The molecule has 2 N–H and O–H groups in total. The lowest BCUT2D eigenvalue weighted by molar-refractivity contribution is 0.298. The monoisotopic (exact) mass is 181 g/mol. The van der Waals surface area contributed by atoms with Crippen LogP contribution in [0.25, 0.3) is 0 Å². The summed E-state index contributed by atoms with van der Waals surface area (Å²) in [6, 6.07) is 4.29. The van der Waals surface area contributed by atoms with Crippen molar-refractivity contribution < 1.29 is 9.13 Å². The van der Waals surface area contributed by atoms with Gasteiger partial charge in [-0.3, -0.25) is 0 Å². The van der Waals surface area contributed by atoms with Gasteiger partial charge in [0.1, 0.15) is 11.6 Å². The van der Waals surface area contributed by atoms with Crippen molar-refractivity contribution in [1.82, 2.24) is 0 Å². The van der Waals surface area contributed by atoms with Crippen LogP contribution < -0.4 is 10.5 Å². The largest absolute Gasteiger partial charge is 0.493 e. The minimum Gasteiger partial charge on any atom is -0.493 e.